The van der Waals surface area contributed by atoms with Gasteiger partial charge in [-0.05, 0) is 51.0 Å². The molecule has 2 N–H and O–H groups in total. The maximum atomic E-state index is 6.50. The number of nitrogens with two attached hydrogens (primary N) is 1. The molecule has 0 aliphatic rings. The largest absolute Gasteiger partial charge is 0.324 e. The molecule has 0 spiro atoms. The van der Waals surface area contributed by atoms with Crippen molar-refractivity contribution in [3.63, 3.8) is 0 Å². The van der Waals surface area contributed by atoms with E-state index in [9.17, 15) is 0 Å². The summed E-state index contributed by atoms with van der Waals surface area (Å²) in [5.41, 5.74) is 10.4. The summed E-state index contributed by atoms with van der Waals surface area (Å²) < 4.78 is 1.91. The van der Waals surface area contributed by atoms with E-state index in [4.69, 9.17) is 5.73 Å². The third-order valence-corrected chi connectivity index (χ3v) is 4.40. The summed E-state index contributed by atoms with van der Waals surface area (Å²) in [4.78, 5) is 4.46. The summed E-state index contributed by atoms with van der Waals surface area (Å²) in [6.45, 7) is 12.3. The van der Waals surface area contributed by atoms with Gasteiger partial charge in [0.25, 0.3) is 0 Å². The van der Waals surface area contributed by atoms with Crippen LogP contribution in [-0.2, 0) is 6.42 Å². The third kappa shape index (κ3) is 4.27. The first-order valence-electron chi connectivity index (χ1n) is 8.88. The number of aromatic nitrogens is 3. The first kappa shape index (κ1) is 19.6. The SMILES string of the molecule is C=C(/C(=C\C=C/C)n1ncc(=C/C)/c1=C\C)C(N)Cc1ncccc1C. The molecule has 0 aromatic carbocycles. The van der Waals surface area contributed by atoms with Crippen molar-refractivity contribution in [2.45, 2.75) is 40.2 Å². The van der Waals surface area contributed by atoms with E-state index in [0.29, 0.717) is 6.42 Å². The van der Waals surface area contributed by atoms with Crippen LogP contribution in [0.15, 0.2) is 54.9 Å². The van der Waals surface area contributed by atoms with Gasteiger partial charge in [0.15, 0.2) is 0 Å². The van der Waals surface area contributed by atoms with Crippen LogP contribution in [0.2, 0.25) is 0 Å². The lowest BCUT2D eigenvalue weighted by molar-refractivity contribution is 0.742. The van der Waals surface area contributed by atoms with E-state index in [0.717, 1.165) is 33.1 Å². The Hall–Kier alpha value is -2.72. The number of pyridine rings is 1. The fourth-order valence-electron chi connectivity index (χ4n) is 2.83. The van der Waals surface area contributed by atoms with Gasteiger partial charge in [-0.1, -0.05) is 36.9 Å². The van der Waals surface area contributed by atoms with Crippen molar-refractivity contribution in [1.82, 2.24) is 14.8 Å². The Kier molecular flexibility index (Phi) is 6.87. The zero-order valence-corrected chi connectivity index (χ0v) is 16.1. The third-order valence-electron chi connectivity index (χ3n) is 4.40. The van der Waals surface area contributed by atoms with Crippen LogP contribution < -0.4 is 16.3 Å². The summed E-state index contributed by atoms with van der Waals surface area (Å²) in [6.07, 6.45) is 14.4. The van der Waals surface area contributed by atoms with Crippen molar-refractivity contribution < 1.29 is 0 Å². The van der Waals surface area contributed by atoms with Crippen LogP contribution in [0.4, 0.5) is 0 Å². The Labute approximate surface area is 155 Å². The monoisotopic (exact) mass is 348 g/mol. The highest BCUT2D eigenvalue weighted by Gasteiger charge is 2.16. The predicted molar refractivity (Wildman–Crippen MR) is 111 cm³/mol. The van der Waals surface area contributed by atoms with Crippen LogP contribution in [0.1, 0.15) is 32.0 Å². The highest BCUT2D eigenvalue weighted by molar-refractivity contribution is 5.66. The highest BCUT2D eigenvalue weighted by Crippen LogP contribution is 2.18. The number of allylic oxidation sites excluding steroid dienone is 3. The van der Waals surface area contributed by atoms with E-state index in [1.807, 2.05) is 68.1 Å². The summed E-state index contributed by atoms with van der Waals surface area (Å²) >= 11 is 0. The average Bonchev–Trinajstić information content (AvgIpc) is 3.06. The zero-order chi connectivity index (χ0) is 19.1. The standard InChI is InChI=1S/C22H28N4/c1-6-9-12-22(26-21(8-3)18(7-2)15-25-26)17(5)19(23)14-20-16(4)11-10-13-24-20/h6-13,15,19H,5,14,23H2,1-4H3/b9-6-,18-7-,21-8+,22-12+. The van der Waals surface area contributed by atoms with Gasteiger partial charge < -0.3 is 5.73 Å². The average molecular weight is 348 g/mol. The van der Waals surface area contributed by atoms with Gasteiger partial charge in [-0.2, -0.15) is 5.10 Å². The molecule has 1 atom stereocenters. The Morgan fingerprint density at radius 2 is 2.08 bits per heavy atom. The first-order chi connectivity index (χ1) is 12.5. The maximum Gasteiger partial charge on any atom is 0.0695 e. The first-order valence-corrected chi connectivity index (χ1v) is 8.88. The lowest BCUT2D eigenvalue weighted by atomic mass is 9.99. The van der Waals surface area contributed by atoms with Crippen LogP contribution >= 0.6 is 0 Å². The Morgan fingerprint density at radius 1 is 1.31 bits per heavy atom. The molecule has 136 valence electrons. The van der Waals surface area contributed by atoms with E-state index in [1.54, 1.807) is 6.20 Å². The van der Waals surface area contributed by atoms with Crippen molar-refractivity contribution in [2.75, 3.05) is 0 Å². The van der Waals surface area contributed by atoms with Crippen molar-refractivity contribution >= 4 is 17.8 Å². The second kappa shape index (κ2) is 9.11. The predicted octanol–water partition coefficient (Wildman–Crippen LogP) is 2.73. The summed E-state index contributed by atoms with van der Waals surface area (Å²) in [5, 5.41) is 6.68. The molecular weight excluding hydrogens is 320 g/mol. The van der Waals surface area contributed by atoms with E-state index in [1.165, 1.54) is 0 Å². The topological polar surface area (TPSA) is 56.7 Å². The van der Waals surface area contributed by atoms with Gasteiger partial charge in [-0.3, -0.25) is 4.98 Å². The Morgan fingerprint density at radius 3 is 2.69 bits per heavy atom. The summed E-state index contributed by atoms with van der Waals surface area (Å²) in [7, 11) is 0. The fraction of sp³-hybridized carbons (Fsp3) is 0.273. The molecule has 0 saturated heterocycles. The highest BCUT2D eigenvalue weighted by atomic mass is 15.3. The minimum Gasteiger partial charge on any atom is -0.324 e. The molecule has 0 fully saturated rings. The van der Waals surface area contributed by atoms with Crippen LogP contribution in [0.3, 0.4) is 0 Å². The molecule has 2 rings (SSSR count). The van der Waals surface area contributed by atoms with Crippen molar-refractivity contribution in [3.05, 3.63) is 76.7 Å². The molecular formula is C22H28N4. The number of nitrogens with zero attached hydrogens (tertiary/aromatic N) is 3. The van der Waals surface area contributed by atoms with Crippen molar-refractivity contribution in [1.29, 1.82) is 0 Å². The number of hydrogen-bond acceptors (Lipinski definition) is 3. The van der Waals surface area contributed by atoms with Crippen LogP contribution in [0, 0.1) is 6.92 Å². The maximum absolute atomic E-state index is 6.50. The second-order valence-electron chi connectivity index (χ2n) is 6.15. The number of rotatable bonds is 6. The normalized spacial score (nSPS) is 15.0. The smallest absolute Gasteiger partial charge is 0.0695 e. The molecule has 2 heterocycles. The molecule has 4 nitrogen and oxygen atoms in total. The molecule has 0 bridgehead atoms. The van der Waals surface area contributed by atoms with Gasteiger partial charge in [0.05, 0.1) is 17.2 Å². The van der Waals surface area contributed by atoms with Gasteiger partial charge in [0.1, 0.15) is 0 Å². The number of aryl methyl sites for hydroxylation is 1. The molecule has 0 aliphatic carbocycles. The van der Waals surface area contributed by atoms with Gasteiger partial charge in [-0.25, -0.2) is 4.68 Å². The summed E-state index contributed by atoms with van der Waals surface area (Å²) in [6, 6.07) is 3.74. The van der Waals surface area contributed by atoms with E-state index in [2.05, 4.69) is 29.7 Å². The van der Waals surface area contributed by atoms with Gasteiger partial charge in [0, 0.05) is 29.6 Å². The van der Waals surface area contributed by atoms with Gasteiger partial charge >= 0.3 is 0 Å². The molecule has 1 unspecified atom stereocenters. The molecule has 0 aliphatic heterocycles. The van der Waals surface area contributed by atoms with Crippen LogP contribution in [0.5, 0.6) is 0 Å². The van der Waals surface area contributed by atoms with Gasteiger partial charge in [0.2, 0.25) is 0 Å². The fourth-order valence-corrected chi connectivity index (χ4v) is 2.83. The molecule has 0 saturated carbocycles. The van der Waals surface area contributed by atoms with Crippen LogP contribution in [0.25, 0.3) is 17.8 Å². The molecule has 0 radical (unpaired) electrons. The molecule has 0 amide bonds. The molecule has 26 heavy (non-hydrogen) atoms. The van der Waals surface area contributed by atoms with Crippen LogP contribution in [-0.4, -0.2) is 20.8 Å². The number of hydrogen-bond donors (Lipinski definition) is 1. The van der Waals surface area contributed by atoms with E-state index >= 15 is 0 Å². The van der Waals surface area contributed by atoms with E-state index in [-0.39, 0.29) is 6.04 Å². The molecule has 4 heteroatoms. The van der Waals surface area contributed by atoms with Crippen molar-refractivity contribution in [2.24, 2.45) is 5.73 Å². The Balaban J connectivity index is 2.43. The van der Waals surface area contributed by atoms with Gasteiger partial charge in [-0.15, -0.1) is 0 Å². The minimum absolute atomic E-state index is 0.247. The van der Waals surface area contributed by atoms with Crippen molar-refractivity contribution in [3.8, 4) is 0 Å². The Bertz CT molecular complexity index is 945. The second-order valence-corrected chi connectivity index (χ2v) is 6.15. The lowest BCUT2D eigenvalue weighted by Crippen LogP contribution is -2.33. The van der Waals surface area contributed by atoms with E-state index < -0.39 is 0 Å². The minimum atomic E-state index is -0.247. The quantitative estimate of drug-likeness (QED) is 0.817. The molecule has 2 aromatic rings. The zero-order valence-electron chi connectivity index (χ0n) is 16.1. The summed E-state index contributed by atoms with van der Waals surface area (Å²) in [5.74, 6) is 0. The lowest BCUT2D eigenvalue weighted by Gasteiger charge is -2.19. The molecule has 2 aromatic heterocycles.